The molecule has 1 N–H and O–H groups in total. The zero-order chi connectivity index (χ0) is 13.5. The summed E-state index contributed by atoms with van der Waals surface area (Å²) in [6, 6.07) is 11.3. The van der Waals surface area contributed by atoms with Crippen molar-refractivity contribution in [1.82, 2.24) is 10.2 Å². The molecule has 1 aromatic carbocycles. The highest BCUT2D eigenvalue weighted by Crippen LogP contribution is 2.22. The molecule has 19 heavy (non-hydrogen) atoms. The van der Waals surface area contributed by atoms with E-state index in [1.165, 1.54) is 44.3 Å². The zero-order valence-corrected chi connectivity index (χ0v) is 12.4. The van der Waals surface area contributed by atoms with E-state index in [0.717, 1.165) is 12.5 Å². The van der Waals surface area contributed by atoms with Crippen molar-refractivity contribution in [3.63, 3.8) is 0 Å². The number of benzene rings is 1. The molecule has 0 saturated carbocycles. The van der Waals surface area contributed by atoms with Gasteiger partial charge in [-0.1, -0.05) is 43.7 Å². The van der Waals surface area contributed by atoms with Crippen LogP contribution < -0.4 is 5.32 Å². The molecule has 0 amide bonds. The van der Waals surface area contributed by atoms with E-state index in [2.05, 4.69) is 54.5 Å². The second-order valence-corrected chi connectivity index (χ2v) is 5.76. The van der Waals surface area contributed by atoms with Crippen LogP contribution in [0.5, 0.6) is 0 Å². The van der Waals surface area contributed by atoms with Crippen LogP contribution in [0.2, 0.25) is 0 Å². The average molecular weight is 260 g/mol. The first kappa shape index (κ1) is 14.5. The van der Waals surface area contributed by atoms with E-state index in [0.29, 0.717) is 6.04 Å². The van der Waals surface area contributed by atoms with Crippen LogP contribution >= 0.6 is 0 Å². The molecular formula is C17H28N2. The molecule has 106 valence electrons. The summed E-state index contributed by atoms with van der Waals surface area (Å²) in [7, 11) is 2.07. The van der Waals surface area contributed by atoms with E-state index in [1.807, 2.05) is 0 Å². The lowest BCUT2D eigenvalue weighted by Gasteiger charge is -2.26. The summed E-state index contributed by atoms with van der Waals surface area (Å²) in [6.45, 7) is 6.00. The number of rotatable bonds is 5. The minimum Gasteiger partial charge on any atom is -0.312 e. The van der Waals surface area contributed by atoms with Gasteiger partial charge in [0.1, 0.15) is 0 Å². The van der Waals surface area contributed by atoms with E-state index in [9.17, 15) is 0 Å². The van der Waals surface area contributed by atoms with Gasteiger partial charge in [0.25, 0.3) is 0 Å². The van der Waals surface area contributed by atoms with Crippen molar-refractivity contribution in [2.24, 2.45) is 5.92 Å². The summed E-state index contributed by atoms with van der Waals surface area (Å²) in [4.78, 5) is 2.64. The average Bonchev–Trinajstić information content (AvgIpc) is 2.70. The summed E-state index contributed by atoms with van der Waals surface area (Å²) in [5.74, 6) is 0.953. The molecule has 0 aromatic heterocycles. The van der Waals surface area contributed by atoms with Crippen molar-refractivity contribution in [2.75, 3.05) is 26.7 Å². The molecule has 2 nitrogen and oxygen atoms in total. The Hall–Kier alpha value is -0.860. The van der Waals surface area contributed by atoms with Gasteiger partial charge in [0.05, 0.1) is 0 Å². The molecular weight excluding hydrogens is 232 g/mol. The molecule has 1 aliphatic heterocycles. The van der Waals surface area contributed by atoms with E-state index >= 15 is 0 Å². The molecule has 2 atom stereocenters. The van der Waals surface area contributed by atoms with Crippen molar-refractivity contribution in [1.29, 1.82) is 0 Å². The summed E-state index contributed by atoms with van der Waals surface area (Å²) < 4.78 is 0. The maximum atomic E-state index is 3.47. The summed E-state index contributed by atoms with van der Waals surface area (Å²) in [6.07, 6.45) is 5.51. The van der Waals surface area contributed by atoms with Crippen molar-refractivity contribution >= 4 is 0 Å². The molecule has 0 aliphatic carbocycles. The second kappa shape index (κ2) is 7.66. The van der Waals surface area contributed by atoms with Gasteiger partial charge in [-0.15, -0.1) is 0 Å². The van der Waals surface area contributed by atoms with Crippen LogP contribution in [0.1, 0.15) is 44.2 Å². The Kier molecular flexibility index (Phi) is 5.87. The van der Waals surface area contributed by atoms with Crippen LogP contribution in [-0.4, -0.2) is 31.6 Å². The Balaban J connectivity index is 1.91. The number of likely N-dealkylation sites (N-methyl/N-ethyl adjacent to an activating group) is 1. The predicted molar refractivity (Wildman–Crippen MR) is 82.3 cm³/mol. The van der Waals surface area contributed by atoms with E-state index in [1.54, 1.807) is 0 Å². The fourth-order valence-electron chi connectivity index (χ4n) is 3.12. The van der Waals surface area contributed by atoms with Crippen molar-refractivity contribution in [3.8, 4) is 0 Å². The number of likely N-dealkylation sites (tertiary alicyclic amines) is 1. The maximum Gasteiger partial charge on any atom is 0.0446 e. The third-order valence-electron chi connectivity index (χ3n) is 4.51. The fraction of sp³-hybridized carbons (Fsp3) is 0.647. The first-order chi connectivity index (χ1) is 9.33. The Labute approximate surface area is 118 Å². The highest BCUT2D eigenvalue weighted by molar-refractivity contribution is 5.19. The van der Waals surface area contributed by atoms with Crippen LogP contribution in [0.15, 0.2) is 30.3 Å². The molecule has 1 fully saturated rings. The number of hydrogen-bond donors (Lipinski definition) is 1. The third kappa shape index (κ3) is 4.32. The smallest absolute Gasteiger partial charge is 0.0446 e. The van der Waals surface area contributed by atoms with Gasteiger partial charge in [-0.3, -0.25) is 0 Å². The normalized spacial score (nSPS) is 22.9. The topological polar surface area (TPSA) is 15.3 Å². The zero-order valence-electron chi connectivity index (χ0n) is 12.4. The minimum atomic E-state index is 0.458. The fourth-order valence-corrected chi connectivity index (χ4v) is 3.12. The lowest BCUT2D eigenvalue weighted by Crippen LogP contribution is -2.34. The van der Waals surface area contributed by atoms with Gasteiger partial charge < -0.3 is 10.2 Å². The quantitative estimate of drug-likeness (QED) is 0.872. The van der Waals surface area contributed by atoms with Crippen molar-refractivity contribution in [2.45, 2.75) is 38.6 Å². The Bertz CT molecular complexity index is 350. The van der Waals surface area contributed by atoms with Crippen LogP contribution in [-0.2, 0) is 0 Å². The van der Waals surface area contributed by atoms with Gasteiger partial charge in [-0.05, 0) is 50.9 Å². The highest BCUT2D eigenvalue weighted by atomic mass is 15.1. The van der Waals surface area contributed by atoms with E-state index in [-0.39, 0.29) is 0 Å². The van der Waals surface area contributed by atoms with Crippen molar-refractivity contribution < 1.29 is 0 Å². The van der Waals surface area contributed by atoms with Crippen LogP contribution in [0.4, 0.5) is 0 Å². The molecule has 2 unspecified atom stereocenters. The first-order valence-corrected chi connectivity index (χ1v) is 7.78. The van der Waals surface area contributed by atoms with E-state index in [4.69, 9.17) is 0 Å². The molecule has 2 rings (SSSR count). The Morgan fingerprint density at radius 1 is 1.21 bits per heavy atom. The molecule has 1 saturated heterocycles. The number of nitrogens with one attached hydrogen (secondary N) is 1. The van der Waals surface area contributed by atoms with E-state index < -0.39 is 0 Å². The minimum absolute atomic E-state index is 0.458. The molecule has 2 heteroatoms. The highest BCUT2D eigenvalue weighted by Gasteiger charge is 2.19. The third-order valence-corrected chi connectivity index (χ3v) is 4.51. The lowest BCUT2D eigenvalue weighted by molar-refractivity contribution is 0.252. The number of hydrogen-bond acceptors (Lipinski definition) is 2. The Morgan fingerprint density at radius 3 is 2.68 bits per heavy atom. The summed E-state index contributed by atoms with van der Waals surface area (Å²) >= 11 is 0. The first-order valence-electron chi connectivity index (χ1n) is 7.78. The van der Waals surface area contributed by atoms with Gasteiger partial charge in [-0.2, -0.15) is 0 Å². The molecule has 1 aromatic rings. The monoisotopic (exact) mass is 260 g/mol. The Morgan fingerprint density at radius 2 is 2.00 bits per heavy atom. The van der Waals surface area contributed by atoms with Gasteiger partial charge in [0.15, 0.2) is 0 Å². The molecule has 1 heterocycles. The molecule has 0 bridgehead atoms. The lowest BCUT2D eigenvalue weighted by atomic mass is 9.98. The van der Waals surface area contributed by atoms with Gasteiger partial charge in [0, 0.05) is 12.6 Å². The predicted octanol–water partition coefficient (Wildman–Crippen LogP) is 3.46. The second-order valence-electron chi connectivity index (χ2n) is 5.76. The van der Waals surface area contributed by atoms with Crippen molar-refractivity contribution in [3.05, 3.63) is 35.9 Å². The van der Waals surface area contributed by atoms with Crippen LogP contribution in [0.3, 0.4) is 0 Å². The van der Waals surface area contributed by atoms with Crippen LogP contribution in [0, 0.1) is 5.92 Å². The van der Waals surface area contributed by atoms with Gasteiger partial charge in [0.2, 0.25) is 0 Å². The summed E-state index contributed by atoms with van der Waals surface area (Å²) in [5, 5.41) is 3.47. The van der Waals surface area contributed by atoms with Gasteiger partial charge >= 0.3 is 0 Å². The number of nitrogens with zero attached hydrogens (tertiary/aromatic N) is 1. The molecule has 1 aliphatic rings. The summed E-state index contributed by atoms with van der Waals surface area (Å²) in [5.41, 5.74) is 1.40. The largest absolute Gasteiger partial charge is 0.312 e. The maximum absolute atomic E-state index is 3.47. The van der Waals surface area contributed by atoms with Crippen LogP contribution in [0.25, 0.3) is 0 Å². The van der Waals surface area contributed by atoms with Gasteiger partial charge in [-0.25, -0.2) is 0 Å². The standard InChI is InChI=1S/C17H28N2/c1-3-15-8-7-12-19(13-11-15)14-17(18-2)16-9-5-4-6-10-16/h4-6,9-10,15,17-18H,3,7-8,11-14H2,1-2H3. The molecule has 0 spiro atoms. The molecule has 0 radical (unpaired) electrons. The SMILES string of the molecule is CCC1CCCN(CC(NC)c2ccccc2)CC1.